The van der Waals surface area contributed by atoms with Crippen LogP contribution in [0.5, 0.6) is 0 Å². The SMILES string of the molecule is O=C(O)O.O=C(O)O.O=C([O-])[O-].O=C([O-])[O-].[Zr+4]. The van der Waals surface area contributed by atoms with Crippen molar-refractivity contribution in [1.82, 2.24) is 0 Å². The van der Waals surface area contributed by atoms with Gasteiger partial charge >= 0.3 is 38.5 Å². The van der Waals surface area contributed by atoms with Crippen LogP contribution in [0.3, 0.4) is 0 Å². The topological polar surface area (TPSA) is 241 Å². The molecule has 4 N–H and O–H groups in total. The molecule has 0 rings (SSSR count). The summed E-state index contributed by atoms with van der Waals surface area (Å²) in [6.07, 6.45) is -8.33. The fourth-order valence-electron chi connectivity index (χ4n) is 0. The Morgan fingerprint density at radius 1 is 0.588 bits per heavy atom. The van der Waals surface area contributed by atoms with Crippen LogP contribution in [0, 0.1) is 0 Å². The zero-order valence-electron chi connectivity index (χ0n) is 7.55. The summed E-state index contributed by atoms with van der Waals surface area (Å²) in [5.74, 6) is 0. The third-order valence-electron chi connectivity index (χ3n) is 0. The van der Waals surface area contributed by atoms with Crippen molar-refractivity contribution in [3.8, 4) is 0 Å². The van der Waals surface area contributed by atoms with E-state index in [-0.39, 0.29) is 26.2 Å². The molecule has 0 amide bonds. The van der Waals surface area contributed by atoms with Crippen LogP contribution in [0.4, 0.5) is 19.2 Å². The van der Waals surface area contributed by atoms with Crippen molar-refractivity contribution in [3.05, 3.63) is 0 Å². The van der Waals surface area contributed by atoms with Crippen LogP contribution in [0.2, 0.25) is 0 Å². The van der Waals surface area contributed by atoms with E-state index in [1.807, 2.05) is 0 Å². The first-order chi connectivity index (χ1) is 6.93. The summed E-state index contributed by atoms with van der Waals surface area (Å²) >= 11 is 0. The number of carbonyl (C=O) groups is 4. The maximum atomic E-state index is 8.56. The van der Waals surface area contributed by atoms with Gasteiger partial charge in [-0.2, -0.15) is 0 Å². The number of hydrogen-bond donors (Lipinski definition) is 4. The van der Waals surface area contributed by atoms with Crippen molar-refractivity contribution in [2.75, 3.05) is 0 Å². The summed E-state index contributed by atoms with van der Waals surface area (Å²) in [6, 6.07) is 0. The Morgan fingerprint density at radius 3 is 0.588 bits per heavy atom. The second-order valence-electron chi connectivity index (χ2n) is 1.07. The molecule has 0 saturated carbocycles. The molecule has 13 heteroatoms. The molecule has 0 atom stereocenters. The molecule has 0 aromatic rings. The first-order valence-corrected chi connectivity index (χ1v) is 2.53. The fourth-order valence-corrected chi connectivity index (χ4v) is 0. The second-order valence-corrected chi connectivity index (χ2v) is 1.07. The van der Waals surface area contributed by atoms with Crippen molar-refractivity contribution >= 4 is 24.6 Å². The van der Waals surface area contributed by atoms with Crippen LogP contribution in [0.25, 0.3) is 0 Å². The van der Waals surface area contributed by atoms with Gasteiger partial charge < -0.3 is 50.4 Å². The number of carbonyl (C=O) groups excluding carboxylic acids is 2. The molecule has 0 heterocycles. The van der Waals surface area contributed by atoms with Crippen LogP contribution in [0.15, 0.2) is 0 Å². The molecule has 0 aliphatic carbocycles. The Bertz CT molecular complexity index is 159. The van der Waals surface area contributed by atoms with Crippen molar-refractivity contribution in [2.45, 2.75) is 0 Å². The van der Waals surface area contributed by atoms with Gasteiger partial charge in [-0.1, -0.05) is 0 Å². The van der Waals surface area contributed by atoms with Crippen LogP contribution in [-0.4, -0.2) is 45.0 Å². The Morgan fingerprint density at radius 2 is 0.588 bits per heavy atom. The summed E-state index contributed by atoms with van der Waals surface area (Å²) in [4.78, 5) is 33.8. The van der Waals surface area contributed by atoms with Crippen molar-refractivity contribution < 1.29 is 86.2 Å². The van der Waals surface area contributed by atoms with Crippen LogP contribution in [-0.2, 0) is 26.2 Å². The summed E-state index contributed by atoms with van der Waals surface area (Å²) < 4.78 is 0. The molecule has 0 radical (unpaired) electrons. The second kappa shape index (κ2) is 23.6. The minimum Gasteiger partial charge on any atom is -0.652 e. The summed E-state index contributed by atoms with van der Waals surface area (Å²) in [7, 11) is 0. The molecule has 0 saturated heterocycles. The molecule has 96 valence electrons. The molecule has 0 spiro atoms. The Kier molecular flexibility index (Phi) is 40.9. The van der Waals surface area contributed by atoms with E-state index < -0.39 is 24.6 Å². The fraction of sp³-hybridized carbons (Fsp3) is 0. The Hall–Kier alpha value is -2.04. The number of rotatable bonds is 0. The molecule has 0 aliphatic rings. The summed E-state index contributed by atoms with van der Waals surface area (Å²) in [5.41, 5.74) is 0. The predicted molar refractivity (Wildman–Crippen MR) is 32.1 cm³/mol. The smallest absolute Gasteiger partial charge is 0.652 e. The maximum Gasteiger partial charge on any atom is 4.00 e. The van der Waals surface area contributed by atoms with E-state index in [2.05, 4.69) is 0 Å². The molecule has 12 nitrogen and oxygen atoms in total. The van der Waals surface area contributed by atoms with Crippen molar-refractivity contribution in [3.63, 3.8) is 0 Å². The molecule has 0 fully saturated rings. The quantitative estimate of drug-likeness (QED) is 0.327. The van der Waals surface area contributed by atoms with Crippen molar-refractivity contribution in [2.24, 2.45) is 0 Å². The summed E-state index contributed by atoms with van der Waals surface area (Å²) in [5, 5.41) is 61.2. The first kappa shape index (κ1) is 29.4. The van der Waals surface area contributed by atoms with Crippen LogP contribution < -0.4 is 20.4 Å². The van der Waals surface area contributed by atoms with E-state index in [0.29, 0.717) is 0 Å². The maximum absolute atomic E-state index is 8.56. The van der Waals surface area contributed by atoms with E-state index in [4.69, 9.17) is 60.0 Å². The van der Waals surface area contributed by atoms with E-state index in [1.165, 1.54) is 0 Å². The van der Waals surface area contributed by atoms with Gasteiger partial charge in [0, 0.05) is 0 Å². The van der Waals surface area contributed by atoms with Gasteiger partial charge in [0.1, 0.15) is 0 Å². The molecule has 0 aliphatic heterocycles. The van der Waals surface area contributed by atoms with Gasteiger partial charge in [-0.05, 0) is 12.3 Å². The van der Waals surface area contributed by atoms with Crippen molar-refractivity contribution in [1.29, 1.82) is 0 Å². The molecular formula is C4H4O12Zr. The van der Waals surface area contributed by atoms with Crippen LogP contribution >= 0.6 is 0 Å². The minimum absolute atomic E-state index is 0. The monoisotopic (exact) mass is 334 g/mol. The molecule has 0 aromatic heterocycles. The zero-order valence-corrected chi connectivity index (χ0v) is 10.0. The van der Waals surface area contributed by atoms with E-state index in [1.54, 1.807) is 0 Å². The molecule has 0 bridgehead atoms. The van der Waals surface area contributed by atoms with E-state index >= 15 is 0 Å². The van der Waals surface area contributed by atoms with Gasteiger partial charge in [-0.3, -0.25) is 0 Å². The number of carboxylic acid groups (broad SMARTS) is 8. The third kappa shape index (κ3) is 482. The number of hydrogen-bond acceptors (Lipinski definition) is 8. The zero-order chi connectivity index (χ0) is 14.3. The average Bonchev–Trinajstić information content (AvgIpc) is 1.76. The van der Waals surface area contributed by atoms with Gasteiger partial charge in [-0.15, -0.1) is 0 Å². The van der Waals surface area contributed by atoms with Gasteiger partial charge in [0.05, 0.1) is 0 Å². The summed E-state index contributed by atoms with van der Waals surface area (Å²) in [6.45, 7) is 0. The van der Waals surface area contributed by atoms with Gasteiger partial charge in [-0.25, -0.2) is 9.59 Å². The predicted octanol–water partition coefficient (Wildman–Crippen LogP) is -4.45. The molecule has 0 unspecified atom stereocenters. The normalized spacial score (nSPS) is 5.65. The molecular weight excluding hydrogens is 331 g/mol. The Balaban J connectivity index is -0.0000000369. The van der Waals surface area contributed by atoms with Gasteiger partial charge in [0.25, 0.3) is 0 Å². The standard InChI is InChI=1S/4CH2O3.Zr/c4*2-1(3)4;/h4*(H2,2,3,4);/q;;;;+4/p-4. The Labute approximate surface area is 111 Å². The molecule has 17 heavy (non-hydrogen) atoms. The average molecular weight is 335 g/mol. The molecule has 0 aromatic carbocycles. The van der Waals surface area contributed by atoms with Gasteiger partial charge in [0.2, 0.25) is 0 Å². The van der Waals surface area contributed by atoms with E-state index in [0.717, 1.165) is 0 Å². The largest absolute Gasteiger partial charge is 4.00 e. The van der Waals surface area contributed by atoms with Crippen LogP contribution in [0.1, 0.15) is 0 Å². The minimum atomic E-state index is -2.33. The van der Waals surface area contributed by atoms with Gasteiger partial charge in [0.15, 0.2) is 0 Å². The third-order valence-corrected chi connectivity index (χ3v) is 0. The first-order valence-electron chi connectivity index (χ1n) is 2.53. The van der Waals surface area contributed by atoms with E-state index in [9.17, 15) is 0 Å².